The Morgan fingerprint density at radius 1 is 1.53 bits per heavy atom. The number of carbonyl (C=O) groups is 1. The fourth-order valence-corrected chi connectivity index (χ4v) is 1.93. The van der Waals surface area contributed by atoms with Gasteiger partial charge in [-0.2, -0.15) is 13.2 Å². The summed E-state index contributed by atoms with van der Waals surface area (Å²) in [6, 6.07) is -1.69. The SMILES string of the molecule is N[C@@H](CC(F)(F)F)C(=O)N1CCC[C@H]1B(O)O. The predicted octanol–water partition coefficient (Wildman–Crippen LogP) is -0.731. The van der Waals surface area contributed by atoms with Crippen LogP contribution in [0.2, 0.25) is 0 Å². The summed E-state index contributed by atoms with van der Waals surface area (Å²) in [5, 5.41) is 18.0. The smallest absolute Gasteiger partial charge is 0.426 e. The van der Waals surface area contributed by atoms with Gasteiger partial charge in [-0.3, -0.25) is 4.79 Å². The Morgan fingerprint density at radius 3 is 2.59 bits per heavy atom. The van der Waals surface area contributed by atoms with Crippen LogP contribution in [0.3, 0.4) is 0 Å². The molecule has 1 aliphatic rings. The summed E-state index contributed by atoms with van der Waals surface area (Å²) in [6.07, 6.45) is -5.05. The van der Waals surface area contributed by atoms with Crippen LogP contribution in [0.5, 0.6) is 0 Å². The van der Waals surface area contributed by atoms with Crippen molar-refractivity contribution < 1.29 is 28.0 Å². The highest BCUT2D eigenvalue weighted by atomic mass is 19.4. The molecule has 0 aromatic heterocycles. The number of likely N-dealkylation sites (tertiary alicyclic amines) is 1. The van der Waals surface area contributed by atoms with Crippen molar-refractivity contribution in [3.8, 4) is 0 Å². The summed E-state index contributed by atoms with van der Waals surface area (Å²) in [7, 11) is -1.75. The molecule has 1 saturated heterocycles. The van der Waals surface area contributed by atoms with Gasteiger partial charge in [0.15, 0.2) is 0 Å². The molecule has 0 radical (unpaired) electrons. The number of alkyl halides is 3. The van der Waals surface area contributed by atoms with Crippen molar-refractivity contribution in [2.45, 2.75) is 37.4 Å². The second-order valence-electron chi connectivity index (χ2n) is 4.08. The second kappa shape index (κ2) is 5.24. The van der Waals surface area contributed by atoms with E-state index >= 15 is 0 Å². The Hall–Kier alpha value is -0.795. The first-order valence-electron chi connectivity index (χ1n) is 5.21. The molecule has 0 aromatic rings. The molecule has 0 saturated carbocycles. The average Bonchev–Trinajstić information content (AvgIpc) is 2.61. The molecule has 1 amide bonds. The highest BCUT2D eigenvalue weighted by Gasteiger charge is 2.41. The number of hydrogen-bond acceptors (Lipinski definition) is 4. The lowest BCUT2D eigenvalue weighted by Crippen LogP contribution is -2.52. The zero-order chi connectivity index (χ0) is 13.2. The predicted molar refractivity (Wildman–Crippen MR) is 53.6 cm³/mol. The van der Waals surface area contributed by atoms with E-state index in [9.17, 15) is 18.0 Å². The molecular weight excluding hydrogens is 240 g/mol. The van der Waals surface area contributed by atoms with Crippen LogP contribution < -0.4 is 5.73 Å². The van der Waals surface area contributed by atoms with Gasteiger partial charge in [-0.05, 0) is 12.8 Å². The third-order valence-electron chi connectivity index (χ3n) is 2.70. The van der Waals surface area contributed by atoms with Gasteiger partial charge in [0.2, 0.25) is 5.91 Å². The normalized spacial score (nSPS) is 22.7. The van der Waals surface area contributed by atoms with E-state index in [1.54, 1.807) is 0 Å². The van der Waals surface area contributed by atoms with Crippen LogP contribution in [0.1, 0.15) is 19.3 Å². The van der Waals surface area contributed by atoms with Crippen molar-refractivity contribution in [3.05, 3.63) is 0 Å². The van der Waals surface area contributed by atoms with Crippen LogP contribution in [-0.4, -0.2) is 52.7 Å². The number of halogens is 3. The molecule has 1 rings (SSSR count). The van der Waals surface area contributed by atoms with Crippen LogP contribution in [0.4, 0.5) is 13.2 Å². The molecule has 0 bridgehead atoms. The quantitative estimate of drug-likeness (QED) is 0.579. The Bertz CT molecular complexity index is 288. The molecule has 0 unspecified atom stereocenters. The maximum Gasteiger partial charge on any atom is 0.475 e. The lowest BCUT2D eigenvalue weighted by Gasteiger charge is -2.27. The highest BCUT2D eigenvalue weighted by Crippen LogP contribution is 2.24. The van der Waals surface area contributed by atoms with Gasteiger partial charge in [0.05, 0.1) is 18.4 Å². The van der Waals surface area contributed by atoms with E-state index in [0.717, 1.165) is 4.90 Å². The molecule has 2 atom stereocenters. The molecule has 0 spiro atoms. The van der Waals surface area contributed by atoms with E-state index in [4.69, 9.17) is 15.8 Å². The Labute approximate surface area is 96.5 Å². The summed E-state index contributed by atoms with van der Waals surface area (Å²) in [5.41, 5.74) is 5.17. The molecule has 1 aliphatic heterocycles. The first-order chi connectivity index (χ1) is 7.72. The number of nitrogens with zero attached hydrogens (tertiary/aromatic N) is 1. The molecule has 4 N–H and O–H groups in total. The lowest BCUT2D eigenvalue weighted by molar-refractivity contribution is -0.152. The van der Waals surface area contributed by atoms with Crippen LogP contribution in [0.25, 0.3) is 0 Å². The van der Waals surface area contributed by atoms with Crippen LogP contribution in [-0.2, 0) is 4.79 Å². The third-order valence-corrected chi connectivity index (χ3v) is 2.70. The zero-order valence-electron chi connectivity index (χ0n) is 9.02. The molecule has 5 nitrogen and oxygen atoms in total. The average molecular weight is 254 g/mol. The van der Waals surface area contributed by atoms with Gasteiger partial charge >= 0.3 is 13.3 Å². The first-order valence-corrected chi connectivity index (χ1v) is 5.21. The standard InChI is InChI=1S/C8H14BF3N2O3/c10-8(11,12)4-5(13)7(15)14-3-1-2-6(14)9(16)17/h5-6,16-17H,1-4,13H2/t5-,6-/m0/s1. The van der Waals surface area contributed by atoms with E-state index in [0.29, 0.717) is 12.8 Å². The van der Waals surface area contributed by atoms with E-state index in [2.05, 4.69) is 0 Å². The number of rotatable bonds is 3. The van der Waals surface area contributed by atoms with Crippen molar-refractivity contribution >= 4 is 13.0 Å². The van der Waals surface area contributed by atoms with Crippen LogP contribution >= 0.6 is 0 Å². The molecule has 9 heteroatoms. The van der Waals surface area contributed by atoms with Crippen LogP contribution in [0.15, 0.2) is 0 Å². The molecule has 98 valence electrons. The summed E-state index contributed by atoms with van der Waals surface area (Å²) < 4.78 is 36.2. The molecule has 1 fully saturated rings. The largest absolute Gasteiger partial charge is 0.475 e. The number of hydrogen-bond donors (Lipinski definition) is 3. The molecule has 1 heterocycles. The monoisotopic (exact) mass is 254 g/mol. The van der Waals surface area contributed by atoms with Crippen molar-refractivity contribution in [2.75, 3.05) is 6.54 Å². The summed E-state index contributed by atoms with van der Waals surface area (Å²) >= 11 is 0. The molecule has 17 heavy (non-hydrogen) atoms. The van der Waals surface area contributed by atoms with Gasteiger partial charge in [-0.1, -0.05) is 0 Å². The Kier molecular flexibility index (Phi) is 4.39. The zero-order valence-corrected chi connectivity index (χ0v) is 9.02. The maximum atomic E-state index is 12.1. The van der Waals surface area contributed by atoms with E-state index in [1.165, 1.54) is 0 Å². The van der Waals surface area contributed by atoms with Gasteiger partial charge in [-0.15, -0.1) is 0 Å². The minimum atomic E-state index is -4.51. The fraction of sp³-hybridized carbons (Fsp3) is 0.875. The van der Waals surface area contributed by atoms with Crippen molar-refractivity contribution in [3.63, 3.8) is 0 Å². The molecule has 0 aromatic carbocycles. The van der Waals surface area contributed by atoms with Crippen LogP contribution in [0, 0.1) is 0 Å². The van der Waals surface area contributed by atoms with Gasteiger partial charge in [0.1, 0.15) is 0 Å². The third kappa shape index (κ3) is 3.86. The van der Waals surface area contributed by atoms with E-state index < -0.39 is 37.6 Å². The van der Waals surface area contributed by atoms with Gasteiger partial charge in [0, 0.05) is 6.54 Å². The molecule has 0 aliphatic carbocycles. The lowest BCUT2D eigenvalue weighted by atomic mass is 9.77. The number of amides is 1. The fourth-order valence-electron chi connectivity index (χ4n) is 1.93. The van der Waals surface area contributed by atoms with Crippen molar-refractivity contribution in [1.29, 1.82) is 0 Å². The summed E-state index contributed by atoms with van der Waals surface area (Å²) in [4.78, 5) is 12.6. The first kappa shape index (κ1) is 14.3. The number of nitrogens with two attached hydrogens (primary N) is 1. The minimum absolute atomic E-state index is 0.201. The Morgan fingerprint density at radius 2 is 2.12 bits per heavy atom. The highest BCUT2D eigenvalue weighted by molar-refractivity contribution is 6.43. The van der Waals surface area contributed by atoms with Crippen molar-refractivity contribution in [2.24, 2.45) is 5.73 Å². The van der Waals surface area contributed by atoms with Gasteiger partial charge < -0.3 is 20.7 Å². The van der Waals surface area contributed by atoms with Gasteiger partial charge in [0.25, 0.3) is 0 Å². The summed E-state index contributed by atoms with van der Waals surface area (Å²) in [6.45, 7) is 0.201. The topological polar surface area (TPSA) is 86.8 Å². The van der Waals surface area contributed by atoms with E-state index in [1.807, 2.05) is 0 Å². The van der Waals surface area contributed by atoms with Gasteiger partial charge in [-0.25, -0.2) is 0 Å². The van der Waals surface area contributed by atoms with Crippen molar-refractivity contribution in [1.82, 2.24) is 4.90 Å². The second-order valence-corrected chi connectivity index (χ2v) is 4.08. The summed E-state index contributed by atoms with van der Waals surface area (Å²) in [5.74, 6) is -1.75. The molecular formula is C8H14BF3N2O3. The number of carbonyl (C=O) groups excluding carboxylic acids is 1. The van der Waals surface area contributed by atoms with E-state index in [-0.39, 0.29) is 6.54 Å². The minimum Gasteiger partial charge on any atom is -0.426 e. The maximum absolute atomic E-state index is 12.1. The Balaban J connectivity index is 2.63.